The highest BCUT2D eigenvalue weighted by molar-refractivity contribution is 6.27. The minimum atomic E-state index is -0.991. The first kappa shape index (κ1) is 15.2. The van der Waals surface area contributed by atoms with Crippen LogP contribution in [0.3, 0.4) is 0 Å². The topological polar surface area (TPSA) is 86.6 Å². The smallest absolute Gasteiger partial charge is 0.259 e. The summed E-state index contributed by atoms with van der Waals surface area (Å²) in [5.74, 6) is -1.62. The number of Topliss-reactive ketones (excluding diaryl/α,β-unsaturated/α-hetero) is 1. The second kappa shape index (κ2) is 6.89. The van der Waals surface area contributed by atoms with Crippen LogP contribution in [0, 0.1) is 0 Å². The van der Waals surface area contributed by atoms with E-state index in [1.54, 1.807) is 12.2 Å². The quantitative estimate of drug-likeness (QED) is 0.301. The first-order valence-corrected chi connectivity index (χ1v) is 6.28. The fourth-order valence-electron chi connectivity index (χ4n) is 1.70. The van der Waals surface area contributed by atoms with Gasteiger partial charge in [0.1, 0.15) is 17.4 Å². The molecule has 2 unspecified atom stereocenters. The van der Waals surface area contributed by atoms with E-state index >= 15 is 0 Å². The van der Waals surface area contributed by atoms with E-state index in [0.29, 0.717) is 0 Å². The van der Waals surface area contributed by atoms with Crippen molar-refractivity contribution in [1.29, 1.82) is 0 Å². The van der Waals surface area contributed by atoms with Crippen LogP contribution in [-0.2, 0) is 9.59 Å². The molecule has 0 bridgehead atoms. The summed E-state index contributed by atoms with van der Waals surface area (Å²) in [7, 11) is 0. The van der Waals surface area contributed by atoms with Crippen molar-refractivity contribution in [3.63, 3.8) is 0 Å². The first-order chi connectivity index (χ1) is 8.99. The molecule has 0 aromatic heterocycles. The fourth-order valence-corrected chi connectivity index (χ4v) is 1.70. The molecule has 2 atom stereocenters. The molecular weight excluding hydrogens is 246 g/mol. The summed E-state index contributed by atoms with van der Waals surface area (Å²) in [5, 5.41) is 21.4. The highest BCUT2D eigenvalue weighted by atomic mass is 16.3. The molecule has 0 aliphatic carbocycles. The van der Waals surface area contributed by atoms with Crippen molar-refractivity contribution in [2.45, 2.75) is 38.8 Å². The maximum Gasteiger partial charge on any atom is 0.259 e. The molecule has 1 fully saturated rings. The van der Waals surface area contributed by atoms with Crippen molar-refractivity contribution >= 4 is 11.7 Å². The van der Waals surface area contributed by atoms with Crippen LogP contribution in [0.2, 0.25) is 0 Å². The van der Waals surface area contributed by atoms with Gasteiger partial charge in [0, 0.05) is 0 Å². The fraction of sp³-hybridized carbons (Fsp3) is 0.429. The molecule has 1 amide bonds. The molecule has 0 aromatic rings. The Morgan fingerprint density at radius 3 is 2.63 bits per heavy atom. The Kier molecular flexibility index (Phi) is 5.51. The molecule has 3 N–H and O–H groups in total. The van der Waals surface area contributed by atoms with Gasteiger partial charge in [0.25, 0.3) is 5.91 Å². The van der Waals surface area contributed by atoms with Gasteiger partial charge in [-0.1, -0.05) is 31.6 Å². The Labute approximate surface area is 112 Å². The molecule has 1 aliphatic rings. The van der Waals surface area contributed by atoms with Crippen LogP contribution in [-0.4, -0.2) is 34.0 Å². The average Bonchev–Trinajstić information content (AvgIpc) is 2.64. The third-order valence-corrected chi connectivity index (χ3v) is 2.74. The maximum atomic E-state index is 11.8. The highest BCUT2D eigenvalue weighted by Crippen LogP contribution is 2.16. The highest BCUT2D eigenvalue weighted by Gasteiger charge is 2.40. The molecule has 5 nitrogen and oxygen atoms in total. The number of carbonyl (C=O) groups excluding carboxylic acids is 2. The predicted molar refractivity (Wildman–Crippen MR) is 71.5 cm³/mol. The van der Waals surface area contributed by atoms with Crippen LogP contribution in [0.25, 0.3) is 0 Å². The lowest BCUT2D eigenvalue weighted by Crippen LogP contribution is -2.38. The zero-order valence-electron chi connectivity index (χ0n) is 11.1. The Morgan fingerprint density at radius 2 is 2.11 bits per heavy atom. The Bertz CT molecular complexity index is 446. The first-order valence-electron chi connectivity index (χ1n) is 6.28. The predicted octanol–water partition coefficient (Wildman–Crippen LogP) is 1.16. The van der Waals surface area contributed by atoms with Gasteiger partial charge in [0.05, 0.1) is 6.10 Å². The molecule has 1 heterocycles. The number of hydrogen-bond donors (Lipinski definition) is 3. The third-order valence-electron chi connectivity index (χ3n) is 2.74. The van der Waals surface area contributed by atoms with Gasteiger partial charge in [-0.15, -0.1) is 0 Å². The number of hydrogen-bond acceptors (Lipinski definition) is 4. The van der Waals surface area contributed by atoms with Gasteiger partial charge in [-0.05, 0) is 19.4 Å². The number of ketones is 1. The summed E-state index contributed by atoms with van der Waals surface area (Å²) < 4.78 is 0. The number of unbranched alkanes of at least 4 members (excludes halogenated alkanes) is 1. The zero-order valence-corrected chi connectivity index (χ0v) is 11.1. The Balaban J connectivity index is 2.84. The average molecular weight is 265 g/mol. The molecule has 1 rings (SSSR count). The second-order valence-corrected chi connectivity index (χ2v) is 4.39. The van der Waals surface area contributed by atoms with E-state index in [4.69, 9.17) is 0 Å². The number of aliphatic hydroxyl groups is 2. The molecule has 5 heteroatoms. The van der Waals surface area contributed by atoms with Gasteiger partial charge in [-0.3, -0.25) is 9.59 Å². The SMILES string of the molecule is CCC/C=C/C=C/C(O)=C1/C(=O)NC(C(C)O)C1=O. The second-order valence-electron chi connectivity index (χ2n) is 4.39. The Morgan fingerprint density at radius 1 is 1.42 bits per heavy atom. The van der Waals surface area contributed by atoms with Crippen LogP contribution in [0.4, 0.5) is 0 Å². The van der Waals surface area contributed by atoms with Gasteiger partial charge < -0.3 is 15.5 Å². The lowest BCUT2D eigenvalue weighted by Gasteiger charge is -2.09. The molecule has 0 spiro atoms. The maximum absolute atomic E-state index is 11.8. The van der Waals surface area contributed by atoms with Crippen molar-refractivity contribution in [1.82, 2.24) is 5.32 Å². The minimum absolute atomic E-state index is 0.300. The Hall–Kier alpha value is -1.88. The monoisotopic (exact) mass is 265 g/mol. The third kappa shape index (κ3) is 3.79. The number of aliphatic hydroxyl groups excluding tert-OH is 2. The minimum Gasteiger partial charge on any atom is -0.507 e. The van der Waals surface area contributed by atoms with E-state index in [9.17, 15) is 19.8 Å². The van der Waals surface area contributed by atoms with Crippen LogP contribution < -0.4 is 5.32 Å². The number of rotatable bonds is 5. The van der Waals surface area contributed by atoms with E-state index in [1.165, 1.54) is 13.0 Å². The van der Waals surface area contributed by atoms with Gasteiger partial charge in [0.2, 0.25) is 0 Å². The molecular formula is C14H19NO4. The molecule has 104 valence electrons. The van der Waals surface area contributed by atoms with E-state index in [-0.39, 0.29) is 11.3 Å². The number of nitrogens with one attached hydrogen (secondary N) is 1. The van der Waals surface area contributed by atoms with Gasteiger partial charge in [0.15, 0.2) is 5.78 Å². The van der Waals surface area contributed by atoms with E-state index in [0.717, 1.165) is 12.8 Å². The normalized spacial score (nSPS) is 24.3. The van der Waals surface area contributed by atoms with Crippen molar-refractivity contribution in [2.24, 2.45) is 0 Å². The van der Waals surface area contributed by atoms with Crippen LogP contribution in [0.15, 0.2) is 35.6 Å². The molecule has 1 aliphatic heterocycles. The number of allylic oxidation sites excluding steroid dienone is 4. The van der Waals surface area contributed by atoms with Crippen molar-refractivity contribution in [3.8, 4) is 0 Å². The summed E-state index contributed by atoms with van der Waals surface area (Å²) in [5.41, 5.74) is -0.300. The number of carbonyl (C=O) groups is 2. The van der Waals surface area contributed by atoms with Crippen molar-refractivity contribution in [2.75, 3.05) is 0 Å². The van der Waals surface area contributed by atoms with Crippen LogP contribution in [0.5, 0.6) is 0 Å². The van der Waals surface area contributed by atoms with Crippen molar-refractivity contribution < 1.29 is 19.8 Å². The van der Waals surface area contributed by atoms with Crippen LogP contribution in [0.1, 0.15) is 26.7 Å². The number of amides is 1. The van der Waals surface area contributed by atoms with E-state index < -0.39 is 23.8 Å². The standard InChI is InChI=1S/C14H19NO4/c1-3-4-5-6-7-8-10(17)11-13(18)12(9(2)16)15-14(11)19/h5-9,12,16-17H,3-4H2,1-2H3,(H,15,19)/b6-5+,8-7+,11-10-. The molecule has 0 radical (unpaired) electrons. The molecule has 1 saturated heterocycles. The molecule has 19 heavy (non-hydrogen) atoms. The summed E-state index contributed by atoms with van der Waals surface area (Å²) >= 11 is 0. The van der Waals surface area contributed by atoms with E-state index in [1.807, 2.05) is 13.0 Å². The summed E-state index contributed by atoms with van der Waals surface area (Å²) in [6.45, 7) is 3.46. The van der Waals surface area contributed by atoms with Gasteiger partial charge >= 0.3 is 0 Å². The zero-order chi connectivity index (χ0) is 14.4. The van der Waals surface area contributed by atoms with Crippen molar-refractivity contribution in [3.05, 3.63) is 35.6 Å². The summed E-state index contributed by atoms with van der Waals surface area (Å²) in [4.78, 5) is 23.4. The van der Waals surface area contributed by atoms with Gasteiger partial charge in [-0.2, -0.15) is 0 Å². The summed E-state index contributed by atoms with van der Waals surface area (Å²) in [6, 6.07) is -0.978. The lowest BCUT2D eigenvalue weighted by molar-refractivity contribution is -0.118. The molecule has 0 saturated carbocycles. The van der Waals surface area contributed by atoms with Crippen LogP contribution >= 0.6 is 0 Å². The summed E-state index contributed by atoms with van der Waals surface area (Å²) in [6.07, 6.45) is 7.47. The van der Waals surface area contributed by atoms with E-state index in [2.05, 4.69) is 5.32 Å². The lowest BCUT2D eigenvalue weighted by atomic mass is 10.0. The molecule has 0 aromatic carbocycles. The van der Waals surface area contributed by atoms with Gasteiger partial charge in [-0.25, -0.2) is 0 Å². The largest absolute Gasteiger partial charge is 0.507 e.